The summed E-state index contributed by atoms with van der Waals surface area (Å²) in [6.07, 6.45) is 3.24. The number of aryl methyl sites for hydroxylation is 2. The van der Waals surface area contributed by atoms with Crippen molar-refractivity contribution in [2.24, 2.45) is 5.41 Å². The third-order valence-corrected chi connectivity index (χ3v) is 4.41. The summed E-state index contributed by atoms with van der Waals surface area (Å²) in [5.41, 5.74) is 2.64. The molecule has 2 N–H and O–H groups in total. The molecular weight excluding hydrogens is 334 g/mol. The zero-order valence-corrected chi connectivity index (χ0v) is 16.0. The van der Waals surface area contributed by atoms with Crippen LogP contribution in [0.25, 0.3) is 5.78 Å². The first-order valence-electron chi connectivity index (χ1n) is 8.76. The van der Waals surface area contributed by atoms with Crippen LogP contribution in [0.1, 0.15) is 57.0 Å². The Bertz CT molecular complexity index is 807. The predicted molar refractivity (Wildman–Crippen MR) is 96.8 cm³/mol. The standard InChI is InChI=1S/C18H27N5O3/c1-11-13(12(2)23-17(21-11)19-10-20-23)6-7-15(24)22-14(16(25)26)8-9-18(3,4)5/h10,14H,6-9H2,1-5H3,(H,22,24)(H,25,26). The van der Waals surface area contributed by atoms with Gasteiger partial charge in [0.25, 0.3) is 5.78 Å². The van der Waals surface area contributed by atoms with Gasteiger partial charge in [0.1, 0.15) is 12.4 Å². The SMILES string of the molecule is Cc1nc2ncnn2c(C)c1CCC(=O)NC(CCC(C)(C)C)C(=O)O. The largest absolute Gasteiger partial charge is 0.480 e. The van der Waals surface area contributed by atoms with Crippen LogP contribution >= 0.6 is 0 Å². The number of carboxylic acid groups (broad SMARTS) is 1. The van der Waals surface area contributed by atoms with Crippen molar-refractivity contribution in [2.45, 2.75) is 66.3 Å². The lowest BCUT2D eigenvalue weighted by Gasteiger charge is -2.21. The van der Waals surface area contributed by atoms with Gasteiger partial charge in [0.2, 0.25) is 5.91 Å². The van der Waals surface area contributed by atoms with Crippen LogP contribution in [0.4, 0.5) is 0 Å². The van der Waals surface area contributed by atoms with E-state index < -0.39 is 12.0 Å². The van der Waals surface area contributed by atoms with Gasteiger partial charge in [-0.15, -0.1) is 0 Å². The van der Waals surface area contributed by atoms with Gasteiger partial charge in [-0.1, -0.05) is 20.8 Å². The minimum atomic E-state index is -0.999. The molecule has 2 rings (SSSR count). The van der Waals surface area contributed by atoms with E-state index in [1.807, 2.05) is 34.6 Å². The molecule has 0 saturated carbocycles. The molecule has 0 spiro atoms. The first-order valence-corrected chi connectivity index (χ1v) is 8.76. The normalized spacial score (nSPS) is 13.0. The average molecular weight is 361 g/mol. The third kappa shape index (κ3) is 5.00. The summed E-state index contributed by atoms with van der Waals surface area (Å²) in [6, 6.07) is -0.861. The fourth-order valence-electron chi connectivity index (χ4n) is 2.86. The first-order chi connectivity index (χ1) is 12.1. The van der Waals surface area contributed by atoms with Gasteiger partial charge in [-0.05, 0) is 44.1 Å². The van der Waals surface area contributed by atoms with Crippen molar-refractivity contribution in [3.8, 4) is 0 Å². The van der Waals surface area contributed by atoms with Crippen molar-refractivity contribution in [3.05, 3.63) is 23.3 Å². The molecule has 0 saturated heterocycles. The summed E-state index contributed by atoms with van der Waals surface area (Å²) in [6.45, 7) is 9.93. The fraction of sp³-hybridized carbons (Fsp3) is 0.611. The van der Waals surface area contributed by atoms with E-state index in [9.17, 15) is 14.7 Å². The summed E-state index contributed by atoms with van der Waals surface area (Å²) in [5.74, 6) is -0.745. The molecule has 2 aromatic rings. The quantitative estimate of drug-likeness (QED) is 0.781. The second-order valence-corrected chi connectivity index (χ2v) is 7.79. The highest BCUT2D eigenvalue weighted by Gasteiger charge is 2.23. The molecule has 1 unspecified atom stereocenters. The first kappa shape index (κ1) is 19.8. The maximum atomic E-state index is 12.3. The van der Waals surface area contributed by atoms with Gasteiger partial charge in [-0.3, -0.25) is 4.79 Å². The molecule has 1 atom stereocenters. The summed E-state index contributed by atoms with van der Waals surface area (Å²) in [5, 5.41) is 16.1. The van der Waals surface area contributed by atoms with Crippen LogP contribution in [0.15, 0.2) is 6.33 Å². The summed E-state index contributed by atoms with van der Waals surface area (Å²) in [4.78, 5) is 32.1. The van der Waals surface area contributed by atoms with E-state index in [1.165, 1.54) is 6.33 Å². The Labute approximate surface area is 153 Å². The van der Waals surface area contributed by atoms with Gasteiger partial charge in [-0.25, -0.2) is 14.3 Å². The van der Waals surface area contributed by atoms with Crippen molar-refractivity contribution in [3.63, 3.8) is 0 Å². The highest BCUT2D eigenvalue weighted by atomic mass is 16.4. The molecule has 0 aliphatic heterocycles. The fourth-order valence-corrected chi connectivity index (χ4v) is 2.86. The van der Waals surface area contributed by atoms with Crippen LogP contribution < -0.4 is 5.32 Å². The average Bonchev–Trinajstić information content (AvgIpc) is 2.98. The molecule has 0 radical (unpaired) electrons. The minimum absolute atomic E-state index is 0.0194. The number of aliphatic carboxylic acids is 1. The van der Waals surface area contributed by atoms with E-state index in [4.69, 9.17) is 0 Å². The number of aromatic nitrogens is 4. The second kappa shape index (κ2) is 7.80. The molecule has 1 amide bonds. The van der Waals surface area contributed by atoms with Crippen LogP contribution in [0.5, 0.6) is 0 Å². The van der Waals surface area contributed by atoms with Gasteiger partial charge < -0.3 is 10.4 Å². The molecule has 0 bridgehead atoms. The zero-order valence-electron chi connectivity index (χ0n) is 16.0. The molecule has 2 aromatic heterocycles. The van der Waals surface area contributed by atoms with Gasteiger partial charge >= 0.3 is 5.97 Å². The van der Waals surface area contributed by atoms with Gasteiger partial charge in [0.15, 0.2) is 0 Å². The van der Waals surface area contributed by atoms with Gasteiger partial charge in [0, 0.05) is 17.8 Å². The molecule has 0 aromatic carbocycles. The van der Waals surface area contributed by atoms with E-state index in [0.717, 1.165) is 23.4 Å². The van der Waals surface area contributed by atoms with Gasteiger partial charge in [0.05, 0.1) is 0 Å². The monoisotopic (exact) mass is 361 g/mol. The molecule has 26 heavy (non-hydrogen) atoms. The Morgan fingerprint density at radius 1 is 1.31 bits per heavy atom. The van der Waals surface area contributed by atoms with Crippen molar-refractivity contribution in [2.75, 3.05) is 0 Å². The molecule has 142 valence electrons. The molecule has 8 heteroatoms. The highest BCUT2D eigenvalue weighted by molar-refractivity contribution is 5.83. The highest BCUT2D eigenvalue weighted by Crippen LogP contribution is 2.22. The second-order valence-electron chi connectivity index (χ2n) is 7.79. The van der Waals surface area contributed by atoms with E-state index in [-0.39, 0.29) is 17.7 Å². The van der Waals surface area contributed by atoms with Crippen molar-refractivity contribution in [1.29, 1.82) is 0 Å². The van der Waals surface area contributed by atoms with E-state index in [0.29, 0.717) is 18.6 Å². The molecule has 0 aliphatic carbocycles. The lowest BCUT2D eigenvalue weighted by Crippen LogP contribution is -2.41. The van der Waals surface area contributed by atoms with Crippen LogP contribution in [0.2, 0.25) is 0 Å². The number of fused-ring (bicyclic) bond motifs is 1. The Kier molecular flexibility index (Phi) is 5.94. The van der Waals surface area contributed by atoms with Crippen LogP contribution in [0, 0.1) is 19.3 Å². The van der Waals surface area contributed by atoms with Gasteiger partial charge in [-0.2, -0.15) is 10.1 Å². The summed E-state index contributed by atoms with van der Waals surface area (Å²) >= 11 is 0. The Hall–Kier alpha value is -2.51. The molecule has 0 fully saturated rings. The van der Waals surface area contributed by atoms with Crippen molar-refractivity contribution in [1.82, 2.24) is 24.9 Å². The maximum absolute atomic E-state index is 12.3. The number of rotatable bonds is 7. The number of nitrogens with zero attached hydrogens (tertiary/aromatic N) is 4. The third-order valence-electron chi connectivity index (χ3n) is 4.41. The zero-order chi connectivity index (χ0) is 19.5. The van der Waals surface area contributed by atoms with Crippen LogP contribution in [0.3, 0.4) is 0 Å². The van der Waals surface area contributed by atoms with Crippen molar-refractivity contribution >= 4 is 17.7 Å². The maximum Gasteiger partial charge on any atom is 0.326 e. The minimum Gasteiger partial charge on any atom is -0.480 e. The Morgan fingerprint density at radius 2 is 2.00 bits per heavy atom. The van der Waals surface area contributed by atoms with E-state index >= 15 is 0 Å². The number of carbonyl (C=O) groups excluding carboxylic acids is 1. The smallest absolute Gasteiger partial charge is 0.326 e. The van der Waals surface area contributed by atoms with E-state index in [1.54, 1.807) is 4.52 Å². The lowest BCUT2D eigenvalue weighted by atomic mass is 9.88. The number of carbonyl (C=O) groups is 2. The summed E-state index contributed by atoms with van der Waals surface area (Å²) in [7, 11) is 0. The number of hydrogen-bond donors (Lipinski definition) is 2. The molecule has 2 heterocycles. The number of amides is 1. The van der Waals surface area contributed by atoms with E-state index in [2.05, 4.69) is 20.4 Å². The van der Waals surface area contributed by atoms with Crippen LogP contribution in [-0.4, -0.2) is 42.6 Å². The summed E-state index contributed by atoms with van der Waals surface area (Å²) < 4.78 is 1.64. The predicted octanol–water partition coefficient (Wildman–Crippen LogP) is 2.07. The molecular formula is C18H27N5O3. The Morgan fingerprint density at radius 3 is 2.62 bits per heavy atom. The molecule has 0 aliphatic rings. The van der Waals surface area contributed by atoms with Crippen molar-refractivity contribution < 1.29 is 14.7 Å². The Balaban J connectivity index is 2.00. The number of nitrogens with one attached hydrogen (secondary N) is 1. The number of hydrogen-bond acceptors (Lipinski definition) is 5. The topological polar surface area (TPSA) is 109 Å². The number of carboxylic acids is 1. The van der Waals surface area contributed by atoms with Crippen LogP contribution in [-0.2, 0) is 16.0 Å². The molecule has 8 nitrogen and oxygen atoms in total. The lowest BCUT2D eigenvalue weighted by molar-refractivity contribution is -0.142.